The van der Waals surface area contributed by atoms with Gasteiger partial charge in [-0.1, -0.05) is 36.4 Å². The molecule has 1 amide bonds. The topological polar surface area (TPSA) is 109 Å². The molecule has 0 unspecified atom stereocenters. The predicted octanol–water partition coefficient (Wildman–Crippen LogP) is 4.11. The van der Waals surface area contributed by atoms with Gasteiger partial charge in [0.1, 0.15) is 17.0 Å². The van der Waals surface area contributed by atoms with Gasteiger partial charge in [0.25, 0.3) is 0 Å². The molecule has 0 radical (unpaired) electrons. The number of carbonyl (C=O) groups is 2. The third kappa shape index (κ3) is 5.39. The molecule has 1 aromatic heterocycles. The molecule has 0 N–H and O–H groups in total. The summed E-state index contributed by atoms with van der Waals surface area (Å²) in [6.45, 7) is 6.58. The van der Waals surface area contributed by atoms with Gasteiger partial charge in [0.2, 0.25) is 5.82 Å². The molecule has 0 aliphatic carbocycles. The number of nitrogens with zero attached hydrogens (tertiary/aromatic N) is 5. The minimum absolute atomic E-state index is 0.109. The maximum Gasteiger partial charge on any atom is 0.410 e. The van der Waals surface area contributed by atoms with Crippen LogP contribution < -0.4 is 4.74 Å². The van der Waals surface area contributed by atoms with Crippen molar-refractivity contribution in [3.63, 3.8) is 0 Å². The molecule has 10 heteroatoms. The van der Waals surface area contributed by atoms with Crippen LogP contribution in [-0.4, -0.2) is 68.6 Å². The first-order chi connectivity index (χ1) is 18.1. The van der Waals surface area contributed by atoms with Gasteiger partial charge < -0.3 is 19.1 Å². The van der Waals surface area contributed by atoms with Gasteiger partial charge in [-0.25, -0.2) is 9.59 Å². The van der Waals surface area contributed by atoms with Crippen LogP contribution in [0.2, 0.25) is 0 Å². The van der Waals surface area contributed by atoms with Crippen LogP contribution >= 0.6 is 0 Å². The van der Waals surface area contributed by atoms with Crippen molar-refractivity contribution in [2.24, 2.45) is 0 Å². The molecule has 5 rings (SSSR count). The van der Waals surface area contributed by atoms with Crippen LogP contribution in [0.1, 0.15) is 44.7 Å². The van der Waals surface area contributed by atoms with E-state index in [9.17, 15) is 9.59 Å². The molecule has 10 nitrogen and oxygen atoms in total. The number of fused-ring (bicyclic) bond motifs is 1. The third-order valence-corrected chi connectivity index (χ3v) is 6.54. The number of methoxy groups -OCH3 is 1. The van der Waals surface area contributed by atoms with Gasteiger partial charge in [-0.2, -0.15) is 4.80 Å². The van der Waals surface area contributed by atoms with Crippen molar-refractivity contribution in [1.82, 2.24) is 25.1 Å². The molecular weight excluding hydrogens is 486 g/mol. The number of carbonyl (C=O) groups excluding carboxylic acids is 2. The number of amides is 1. The minimum Gasteiger partial charge on any atom is -0.482 e. The van der Waals surface area contributed by atoms with E-state index in [-0.39, 0.29) is 12.6 Å². The number of ether oxygens (including phenoxy) is 3. The van der Waals surface area contributed by atoms with E-state index in [1.165, 1.54) is 11.9 Å². The fraction of sp³-hybridized carbons (Fsp3) is 0.393. The van der Waals surface area contributed by atoms with E-state index in [2.05, 4.69) is 26.2 Å². The molecule has 2 aliphatic heterocycles. The van der Waals surface area contributed by atoms with Gasteiger partial charge in [0, 0.05) is 37.1 Å². The number of para-hydroxylation sites is 1. The second-order valence-electron chi connectivity index (χ2n) is 10.5. The molecule has 0 atom stereocenters. The highest BCUT2D eigenvalue weighted by Crippen LogP contribution is 2.43. The van der Waals surface area contributed by atoms with Crippen molar-refractivity contribution in [3.8, 4) is 17.1 Å². The van der Waals surface area contributed by atoms with Crippen molar-refractivity contribution >= 4 is 17.6 Å². The molecule has 2 aromatic carbocycles. The lowest BCUT2D eigenvalue weighted by Crippen LogP contribution is -2.50. The third-order valence-electron chi connectivity index (χ3n) is 6.54. The normalized spacial score (nSPS) is 16.3. The first-order valence-corrected chi connectivity index (χ1v) is 12.6. The summed E-state index contributed by atoms with van der Waals surface area (Å²) in [7, 11) is 1.32. The van der Waals surface area contributed by atoms with Crippen molar-refractivity contribution in [2.75, 3.05) is 20.2 Å². The molecular formula is C28H31N5O5. The summed E-state index contributed by atoms with van der Waals surface area (Å²) in [4.78, 5) is 27.2. The molecule has 38 heavy (non-hydrogen) atoms. The van der Waals surface area contributed by atoms with Gasteiger partial charge in [0.05, 0.1) is 7.11 Å². The van der Waals surface area contributed by atoms with Crippen molar-refractivity contribution in [1.29, 1.82) is 0 Å². The second kappa shape index (κ2) is 9.92. The molecule has 3 heterocycles. The Morgan fingerprint density at radius 2 is 1.79 bits per heavy atom. The zero-order valence-electron chi connectivity index (χ0n) is 22.0. The standard InChI is InChI=1S/C28H31N5O5/c1-27(2,3)38-26(35)32-14-12-28(13-15-32)17-22(21-10-5-6-11-23(21)37-28)19-8-7-9-20(16-19)25-29-31-33(30-25)18-24(34)36-4/h5-11,16-17H,12-15,18H2,1-4H3. The van der Waals surface area contributed by atoms with E-state index in [0.29, 0.717) is 31.8 Å². The highest BCUT2D eigenvalue weighted by atomic mass is 16.6. The fourth-order valence-corrected chi connectivity index (χ4v) is 4.68. The second-order valence-corrected chi connectivity index (χ2v) is 10.5. The van der Waals surface area contributed by atoms with Gasteiger partial charge in [0.15, 0.2) is 6.54 Å². The maximum atomic E-state index is 12.6. The molecule has 0 bridgehead atoms. The SMILES string of the molecule is COC(=O)Cn1nnc(-c2cccc(C3=CC4(CCN(C(=O)OC(C)(C)C)CC4)Oc4ccccc43)c2)n1. The summed E-state index contributed by atoms with van der Waals surface area (Å²) in [5.41, 5.74) is 2.71. The Labute approximate surface area is 221 Å². The number of benzene rings is 2. The summed E-state index contributed by atoms with van der Waals surface area (Å²) in [6.07, 6.45) is 3.18. The quantitative estimate of drug-likeness (QED) is 0.476. The fourth-order valence-electron chi connectivity index (χ4n) is 4.68. The number of tetrazole rings is 1. The Morgan fingerprint density at radius 3 is 2.53 bits per heavy atom. The monoisotopic (exact) mass is 517 g/mol. The van der Waals surface area contributed by atoms with E-state index in [1.54, 1.807) is 4.90 Å². The van der Waals surface area contributed by atoms with Crippen LogP contribution in [0.3, 0.4) is 0 Å². The zero-order chi connectivity index (χ0) is 26.9. The maximum absolute atomic E-state index is 12.6. The Kier molecular flexibility index (Phi) is 6.64. The van der Waals surface area contributed by atoms with E-state index in [4.69, 9.17) is 9.47 Å². The summed E-state index contributed by atoms with van der Waals surface area (Å²) >= 11 is 0. The van der Waals surface area contributed by atoms with Gasteiger partial charge in [-0.3, -0.25) is 0 Å². The summed E-state index contributed by atoms with van der Waals surface area (Å²) in [5.74, 6) is 0.773. The summed E-state index contributed by atoms with van der Waals surface area (Å²) < 4.78 is 16.8. The Hall–Kier alpha value is -4.21. The molecule has 1 spiro atoms. The van der Waals surface area contributed by atoms with Crippen molar-refractivity contribution < 1.29 is 23.8 Å². The van der Waals surface area contributed by atoms with Crippen LogP contribution in [0.5, 0.6) is 5.75 Å². The number of aromatic nitrogens is 4. The van der Waals surface area contributed by atoms with Gasteiger partial charge in [-0.05, 0) is 55.3 Å². The molecule has 1 fully saturated rings. The smallest absolute Gasteiger partial charge is 0.410 e. The average Bonchev–Trinajstić information content (AvgIpc) is 3.36. The van der Waals surface area contributed by atoms with E-state index < -0.39 is 17.2 Å². The number of hydrogen-bond acceptors (Lipinski definition) is 8. The Bertz CT molecular complexity index is 1380. The molecule has 2 aliphatic rings. The molecule has 1 saturated heterocycles. The van der Waals surface area contributed by atoms with Crippen LogP contribution in [-0.2, 0) is 20.8 Å². The first kappa shape index (κ1) is 25.4. The number of piperidine rings is 1. The highest BCUT2D eigenvalue weighted by Gasteiger charge is 2.40. The van der Waals surface area contributed by atoms with Crippen molar-refractivity contribution in [3.05, 3.63) is 65.7 Å². The van der Waals surface area contributed by atoms with Crippen LogP contribution in [0, 0.1) is 0 Å². The molecule has 0 saturated carbocycles. The van der Waals surface area contributed by atoms with Gasteiger partial charge in [-0.15, -0.1) is 10.2 Å². The lowest BCUT2D eigenvalue weighted by Gasteiger charge is -2.43. The zero-order valence-corrected chi connectivity index (χ0v) is 22.0. The number of hydrogen-bond donors (Lipinski definition) is 0. The minimum atomic E-state index is -0.542. The average molecular weight is 518 g/mol. The predicted molar refractivity (Wildman–Crippen MR) is 139 cm³/mol. The van der Waals surface area contributed by atoms with Crippen LogP contribution in [0.15, 0.2) is 54.6 Å². The van der Waals surface area contributed by atoms with E-state index in [0.717, 1.165) is 28.0 Å². The molecule has 198 valence electrons. The van der Waals surface area contributed by atoms with Crippen molar-refractivity contribution in [2.45, 2.75) is 51.4 Å². The number of likely N-dealkylation sites (tertiary alicyclic amines) is 1. The Balaban J connectivity index is 1.43. The lowest BCUT2D eigenvalue weighted by molar-refractivity contribution is -0.141. The Morgan fingerprint density at radius 1 is 1.05 bits per heavy atom. The van der Waals surface area contributed by atoms with E-state index >= 15 is 0 Å². The van der Waals surface area contributed by atoms with Gasteiger partial charge >= 0.3 is 12.1 Å². The molecule has 3 aromatic rings. The van der Waals surface area contributed by atoms with E-state index in [1.807, 2.05) is 69.3 Å². The van der Waals surface area contributed by atoms with Crippen LogP contribution in [0.4, 0.5) is 4.79 Å². The summed E-state index contributed by atoms with van der Waals surface area (Å²) in [6, 6.07) is 15.9. The number of esters is 1. The highest BCUT2D eigenvalue weighted by molar-refractivity contribution is 5.86. The first-order valence-electron chi connectivity index (χ1n) is 12.6. The summed E-state index contributed by atoms with van der Waals surface area (Å²) in [5, 5.41) is 12.4. The lowest BCUT2D eigenvalue weighted by atomic mass is 9.82. The number of rotatable bonds is 4. The van der Waals surface area contributed by atoms with Crippen LogP contribution in [0.25, 0.3) is 17.0 Å². The largest absolute Gasteiger partial charge is 0.482 e.